The lowest BCUT2D eigenvalue weighted by molar-refractivity contribution is 1.09. The Hall–Kier alpha value is -0.300. The fourth-order valence-corrected chi connectivity index (χ4v) is 1.66. The van der Waals surface area contributed by atoms with Crippen LogP contribution in [0.3, 0.4) is 0 Å². The lowest BCUT2D eigenvalue weighted by atomic mass is 10.0. The van der Waals surface area contributed by atoms with Crippen molar-refractivity contribution in [2.75, 3.05) is 0 Å². The predicted octanol–water partition coefficient (Wildman–Crippen LogP) is 3.63. The van der Waals surface area contributed by atoms with E-state index < -0.39 is 0 Å². The van der Waals surface area contributed by atoms with Crippen LogP contribution in [0.4, 0.5) is 0 Å². The topological polar surface area (TPSA) is 0 Å². The maximum absolute atomic E-state index is 3.51. The third-order valence-electron chi connectivity index (χ3n) is 2.21. The predicted molar refractivity (Wildman–Crippen MR) is 53.0 cm³/mol. The van der Waals surface area contributed by atoms with E-state index in [1.165, 1.54) is 21.2 Å². The van der Waals surface area contributed by atoms with Gasteiger partial charge in [-0.05, 0) is 43.0 Å². The molecule has 1 heteroatoms. The number of benzene rings is 1. The van der Waals surface area contributed by atoms with Gasteiger partial charge in [-0.3, -0.25) is 0 Å². The van der Waals surface area contributed by atoms with Crippen LogP contribution in [0.25, 0.3) is 0 Å². The minimum Gasteiger partial charge on any atom is -0.0613 e. The monoisotopic (exact) mass is 212 g/mol. The SMILES string of the molecule is CCc1ccc(Br)c(C)c1C. The standard InChI is InChI=1S/C10H13Br/c1-4-9-5-6-10(11)8(3)7(9)2/h5-6H,4H2,1-3H3. The summed E-state index contributed by atoms with van der Waals surface area (Å²) in [7, 11) is 0. The first-order valence-corrected chi connectivity index (χ1v) is 4.70. The highest BCUT2D eigenvalue weighted by Gasteiger charge is 2.01. The van der Waals surface area contributed by atoms with E-state index in [0.29, 0.717) is 0 Å². The molecule has 0 aliphatic carbocycles. The molecular weight excluding hydrogens is 200 g/mol. The quantitative estimate of drug-likeness (QED) is 0.668. The highest BCUT2D eigenvalue weighted by molar-refractivity contribution is 9.10. The van der Waals surface area contributed by atoms with E-state index in [-0.39, 0.29) is 0 Å². The van der Waals surface area contributed by atoms with E-state index in [1.807, 2.05) is 0 Å². The van der Waals surface area contributed by atoms with Crippen molar-refractivity contribution < 1.29 is 0 Å². The third-order valence-corrected chi connectivity index (χ3v) is 3.07. The van der Waals surface area contributed by atoms with Crippen LogP contribution >= 0.6 is 15.9 Å². The molecule has 0 radical (unpaired) electrons. The zero-order valence-corrected chi connectivity index (χ0v) is 8.83. The van der Waals surface area contributed by atoms with Gasteiger partial charge in [0.1, 0.15) is 0 Å². The van der Waals surface area contributed by atoms with Gasteiger partial charge in [0.15, 0.2) is 0 Å². The normalized spacial score (nSPS) is 10.2. The Labute approximate surface area is 76.8 Å². The van der Waals surface area contributed by atoms with Crippen LogP contribution in [-0.2, 0) is 6.42 Å². The van der Waals surface area contributed by atoms with E-state index in [1.54, 1.807) is 0 Å². The smallest absolute Gasteiger partial charge is 0.0207 e. The van der Waals surface area contributed by atoms with Gasteiger partial charge in [0.2, 0.25) is 0 Å². The minimum atomic E-state index is 1.12. The summed E-state index contributed by atoms with van der Waals surface area (Å²) in [6, 6.07) is 4.31. The molecule has 0 nitrogen and oxygen atoms in total. The zero-order chi connectivity index (χ0) is 8.43. The van der Waals surface area contributed by atoms with Gasteiger partial charge in [0, 0.05) is 4.47 Å². The molecule has 1 aromatic carbocycles. The maximum Gasteiger partial charge on any atom is 0.0207 e. The summed E-state index contributed by atoms with van der Waals surface area (Å²) >= 11 is 3.51. The molecule has 0 saturated heterocycles. The van der Waals surface area contributed by atoms with Gasteiger partial charge < -0.3 is 0 Å². The summed E-state index contributed by atoms with van der Waals surface area (Å²) < 4.78 is 1.22. The van der Waals surface area contributed by atoms with E-state index in [4.69, 9.17) is 0 Å². The van der Waals surface area contributed by atoms with E-state index >= 15 is 0 Å². The zero-order valence-electron chi connectivity index (χ0n) is 7.24. The highest BCUT2D eigenvalue weighted by Crippen LogP contribution is 2.22. The van der Waals surface area contributed by atoms with Crippen molar-refractivity contribution >= 4 is 15.9 Å². The van der Waals surface area contributed by atoms with Crippen molar-refractivity contribution in [1.82, 2.24) is 0 Å². The number of hydrogen-bond acceptors (Lipinski definition) is 0. The second-order valence-electron chi connectivity index (χ2n) is 2.81. The van der Waals surface area contributed by atoms with Crippen LogP contribution < -0.4 is 0 Å². The summed E-state index contributed by atoms with van der Waals surface area (Å²) in [6.07, 6.45) is 1.12. The van der Waals surface area contributed by atoms with Crippen molar-refractivity contribution in [3.63, 3.8) is 0 Å². The van der Waals surface area contributed by atoms with Crippen molar-refractivity contribution in [1.29, 1.82) is 0 Å². The van der Waals surface area contributed by atoms with Gasteiger partial charge in [0.25, 0.3) is 0 Å². The molecule has 0 fully saturated rings. The largest absolute Gasteiger partial charge is 0.0613 e. The van der Waals surface area contributed by atoms with Crippen molar-refractivity contribution in [2.45, 2.75) is 27.2 Å². The molecule has 0 heterocycles. The van der Waals surface area contributed by atoms with Gasteiger partial charge in [0.05, 0.1) is 0 Å². The molecule has 0 bridgehead atoms. The van der Waals surface area contributed by atoms with E-state index in [2.05, 4.69) is 48.8 Å². The lowest BCUT2D eigenvalue weighted by Crippen LogP contribution is -1.90. The second-order valence-corrected chi connectivity index (χ2v) is 3.66. The molecule has 1 rings (SSSR count). The summed E-state index contributed by atoms with van der Waals surface area (Å²) in [5.74, 6) is 0. The molecule has 0 spiro atoms. The Morgan fingerprint density at radius 3 is 2.36 bits per heavy atom. The fourth-order valence-electron chi connectivity index (χ4n) is 1.23. The summed E-state index contributed by atoms with van der Waals surface area (Å²) in [6.45, 7) is 6.52. The van der Waals surface area contributed by atoms with Crippen LogP contribution in [-0.4, -0.2) is 0 Å². The molecule has 0 atom stereocenters. The van der Waals surface area contributed by atoms with Crippen molar-refractivity contribution in [2.24, 2.45) is 0 Å². The first kappa shape index (κ1) is 8.79. The fraction of sp³-hybridized carbons (Fsp3) is 0.400. The van der Waals surface area contributed by atoms with Gasteiger partial charge in [-0.1, -0.05) is 28.9 Å². The third kappa shape index (κ3) is 1.64. The van der Waals surface area contributed by atoms with Crippen LogP contribution in [0.1, 0.15) is 23.6 Å². The molecule has 0 N–H and O–H groups in total. The Bertz CT molecular complexity index is 264. The molecule has 0 aliphatic heterocycles. The number of rotatable bonds is 1. The van der Waals surface area contributed by atoms with Gasteiger partial charge in [-0.15, -0.1) is 0 Å². The second kappa shape index (κ2) is 3.40. The summed E-state index contributed by atoms with van der Waals surface area (Å²) in [5, 5.41) is 0. The Balaban J connectivity index is 3.25. The molecule has 0 unspecified atom stereocenters. The summed E-state index contributed by atoms with van der Waals surface area (Å²) in [5.41, 5.74) is 4.23. The Morgan fingerprint density at radius 1 is 1.18 bits per heavy atom. The highest BCUT2D eigenvalue weighted by atomic mass is 79.9. The Morgan fingerprint density at radius 2 is 1.82 bits per heavy atom. The number of hydrogen-bond donors (Lipinski definition) is 0. The molecule has 0 aromatic heterocycles. The maximum atomic E-state index is 3.51. The van der Waals surface area contributed by atoms with Gasteiger partial charge >= 0.3 is 0 Å². The minimum absolute atomic E-state index is 1.12. The molecule has 1 aromatic rings. The average Bonchev–Trinajstić information content (AvgIpc) is 2.01. The molecule has 0 saturated carbocycles. The number of halogens is 1. The van der Waals surface area contributed by atoms with Crippen molar-refractivity contribution in [3.05, 3.63) is 33.3 Å². The molecule has 0 aliphatic rings. The molecule has 60 valence electrons. The molecule has 0 amide bonds. The first-order valence-electron chi connectivity index (χ1n) is 3.91. The number of aryl methyl sites for hydroxylation is 1. The average molecular weight is 213 g/mol. The molecule has 11 heavy (non-hydrogen) atoms. The van der Waals surface area contributed by atoms with Crippen LogP contribution in [0.15, 0.2) is 16.6 Å². The summed E-state index contributed by atoms with van der Waals surface area (Å²) in [4.78, 5) is 0. The van der Waals surface area contributed by atoms with E-state index in [9.17, 15) is 0 Å². The van der Waals surface area contributed by atoms with Gasteiger partial charge in [-0.25, -0.2) is 0 Å². The van der Waals surface area contributed by atoms with Crippen LogP contribution in [0, 0.1) is 13.8 Å². The first-order chi connectivity index (χ1) is 5.16. The lowest BCUT2D eigenvalue weighted by Gasteiger charge is -2.07. The van der Waals surface area contributed by atoms with Gasteiger partial charge in [-0.2, -0.15) is 0 Å². The molecular formula is C10H13Br. The van der Waals surface area contributed by atoms with Crippen LogP contribution in [0.2, 0.25) is 0 Å². The Kier molecular flexibility index (Phi) is 2.72. The van der Waals surface area contributed by atoms with Crippen molar-refractivity contribution in [3.8, 4) is 0 Å². The van der Waals surface area contributed by atoms with E-state index in [0.717, 1.165) is 6.42 Å². The van der Waals surface area contributed by atoms with Crippen LogP contribution in [0.5, 0.6) is 0 Å².